The number of likely N-dealkylation sites (tertiary alicyclic amines) is 1. The summed E-state index contributed by atoms with van der Waals surface area (Å²) in [5.74, 6) is -7.96. The van der Waals surface area contributed by atoms with Crippen LogP contribution in [-0.4, -0.2) is 96.2 Å². The molecule has 4 atom stereocenters. The van der Waals surface area contributed by atoms with Gasteiger partial charge >= 0.3 is 43.8 Å². The fraction of sp³-hybridized carbons (Fsp3) is 0.714. The molecule has 16 nitrogen and oxygen atoms in total. The maximum absolute atomic E-state index is 13.4. The van der Waals surface area contributed by atoms with Gasteiger partial charge in [0.2, 0.25) is 23.5 Å². The van der Waals surface area contributed by atoms with Gasteiger partial charge in [-0.25, -0.2) is 4.79 Å². The van der Waals surface area contributed by atoms with Crippen LogP contribution in [0, 0.1) is 11.8 Å². The van der Waals surface area contributed by atoms with Crippen molar-refractivity contribution in [2.24, 2.45) is 11.8 Å². The monoisotopic (exact) mass is 639 g/mol. The Hall–Kier alpha value is -3.05. The third-order valence-electron chi connectivity index (χ3n) is 6.69. The molecule has 1 aliphatic heterocycles. The number of carbonyl (C=O) groups is 8. The molecule has 0 aliphatic carbocycles. The van der Waals surface area contributed by atoms with Gasteiger partial charge < -0.3 is 50.7 Å². The molecule has 0 saturated carbocycles. The zero-order valence-electron chi connectivity index (χ0n) is 27.8. The van der Waals surface area contributed by atoms with Crippen molar-refractivity contribution < 1.29 is 91.0 Å². The first-order chi connectivity index (χ1) is 20.6. The third-order valence-corrected chi connectivity index (χ3v) is 6.69. The largest absolute Gasteiger partial charge is 1.00 e. The minimum absolute atomic E-state index is 0. The van der Waals surface area contributed by atoms with E-state index < -0.39 is 91.0 Å². The number of rotatable bonds is 18. The summed E-state index contributed by atoms with van der Waals surface area (Å²) in [6, 6.07) is -4.86. The van der Waals surface area contributed by atoms with E-state index in [0.717, 1.165) is 0 Å². The van der Waals surface area contributed by atoms with Crippen LogP contribution in [0.15, 0.2) is 0 Å². The third kappa shape index (κ3) is 15.5. The molecule has 0 radical (unpaired) electrons. The molecule has 4 N–H and O–H groups in total. The number of aliphatic carboxylic acids is 2. The van der Waals surface area contributed by atoms with Gasteiger partial charge in [-0.05, 0) is 43.9 Å². The van der Waals surface area contributed by atoms with E-state index in [4.69, 9.17) is 4.74 Å². The molecule has 1 saturated heterocycles. The minimum atomic E-state index is -1.74. The second-order valence-electron chi connectivity index (χ2n) is 11.3. The number of ketones is 1. The van der Waals surface area contributed by atoms with Crippen LogP contribution in [0.2, 0.25) is 0 Å². The second kappa shape index (κ2) is 22.5. The number of amides is 5. The number of ether oxygens (including phenoxy) is 1. The van der Waals surface area contributed by atoms with Crippen molar-refractivity contribution in [3.8, 4) is 0 Å². The number of carboxylic acids is 2. The summed E-state index contributed by atoms with van der Waals surface area (Å²) in [7, 11) is 0. The zero-order chi connectivity index (χ0) is 33.6. The molecule has 0 aromatic carbocycles. The summed E-state index contributed by atoms with van der Waals surface area (Å²) in [6.45, 7) is 8.50. The maximum Gasteiger partial charge on any atom is 1.00 e. The standard InChI is InChI=1S/C28H45N5O11.2Li/c1-6-8-17(23(37)25(39)29-13-20(34)30-18(27(41)42)10-11-21(35)36)31-24(38)19-9-7-12-33(19)26(40)22(16(4)5)32-28(43)44-14-15(2)3;;/h15-19,22H,6-14H2,1-5H3,(H,29,39)(H,30,34)(H,31,38)(H,32,43)(H,35,36)(H,41,42);;/q;2*+1/p-2/t17?,18-,19-,22-;;/m0../s1. The Bertz CT molecular complexity index is 1090. The SMILES string of the molecule is CCCC(NC(=O)[C@@H]1CCCN1C(=O)[C@@H](NC(=O)OCC(C)C)C(C)C)C(=O)C(=O)NCC(=O)N[C@@H](CCC(=O)[O-])C(=O)[O-].[Li+].[Li+]. The van der Waals surface area contributed by atoms with Crippen LogP contribution in [0.1, 0.15) is 73.1 Å². The molecule has 0 aromatic heterocycles. The fourth-order valence-electron chi connectivity index (χ4n) is 4.39. The summed E-state index contributed by atoms with van der Waals surface area (Å²) in [5.41, 5.74) is 0. The Balaban J connectivity index is 0. The van der Waals surface area contributed by atoms with Crippen molar-refractivity contribution in [1.29, 1.82) is 0 Å². The predicted octanol–water partition coefficient (Wildman–Crippen LogP) is -8.87. The summed E-state index contributed by atoms with van der Waals surface area (Å²) in [4.78, 5) is 99.4. The number of carboxylic acid groups (broad SMARTS) is 2. The van der Waals surface area contributed by atoms with Crippen LogP contribution >= 0.6 is 0 Å². The van der Waals surface area contributed by atoms with Crippen LogP contribution in [-0.2, 0) is 38.3 Å². The summed E-state index contributed by atoms with van der Waals surface area (Å²) in [5, 5.41) is 30.8. The van der Waals surface area contributed by atoms with Crippen LogP contribution in [0.3, 0.4) is 0 Å². The maximum atomic E-state index is 13.4. The number of nitrogens with one attached hydrogen (secondary N) is 4. The van der Waals surface area contributed by atoms with Crippen molar-refractivity contribution in [3.05, 3.63) is 0 Å². The average Bonchev–Trinajstić information content (AvgIpc) is 3.44. The van der Waals surface area contributed by atoms with E-state index in [-0.39, 0.29) is 75.6 Å². The molecule has 1 rings (SSSR count). The summed E-state index contributed by atoms with van der Waals surface area (Å²) >= 11 is 0. The van der Waals surface area contributed by atoms with Gasteiger partial charge in [-0.1, -0.05) is 41.0 Å². The Morgan fingerprint density at radius 3 is 2.04 bits per heavy atom. The van der Waals surface area contributed by atoms with Crippen molar-refractivity contribution in [2.45, 2.75) is 97.3 Å². The zero-order valence-corrected chi connectivity index (χ0v) is 27.8. The van der Waals surface area contributed by atoms with Crippen LogP contribution in [0.4, 0.5) is 4.79 Å². The molecular formula is C28H43Li2N5O11. The van der Waals surface area contributed by atoms with Gasteiger partial charge in [0.05, 0.1) is 31.2 Å². The molecule has 18 heteroatoms. The molecule has 5 amide bonds. The van der Waals surface area contributed by atoms with Crippen LogP contribution < -0.4 is 69.2 Å². The summed E-state index contributed by atoms with van der Waals surface area (Å²) < 4.78 is 5.13. The van der Waals surface area contributed by atoms with E-state index in [1.54, 1.807) is 20.8 Å². The molecule has 46 heavy (non-hydrogen) atoms. The average molecular weight is 640 g/mol. The van der Waals surface area contributed by atoms with Crippen LogP contribution in [0.25, 0.3) is 0 Å². The molecule has 0 aromatic rings. The number of Topliss-reactive ketones (excluding diaryl/α,β-unsaturated/α-hetero) is 1. The molecule has 0 bridgehead atoms. The first-order valence-electron chi connectivity index (χ1n) is 14.6. The van der Waals surface area contributed by atoms with E-state index >= 15 is 0 Å². The van der Waals surface area contributed by atoms with Crippen molar-refractivity contribution in [1.82, 2.24) is 26.2 Å². The minimum Gasteiger partial charge on any atom is -0.550 e. The Kier molecular flexibility index (Phi) is 22.0. The van der Waals surface area contributed by atoms with Gasteiger partial charge in [-0.15, -0.1) is 0 Å². The fourth-order valence-corrected chi connectivity index (χ4v) is 4.39. The Morgan fingerprint density at radius 2 is 1.52 bits per heavy atom. The molecule has 1 heterocycles. The van der Waals surface area contributed by atoms with Crippen molar-refractivity contribution in [2.75, 3.05) is 19.7 Å². The van der Waals surface area contributed by atoms with E-state index in [9.17, 15) is 48.6 Å². The Labute approximate surface area is 292 Å². The molecular weight excluding hydrogens is 596 g/mol. The van der Waals surface area contributed by atoms with E-state index in [2.05, 4.69) is 16.0 Å². The van der Waals surface area contributed by atoms with Gasteiger partial charge in [0, 0.05) is 12.5 Å². The smallest absolute Gasteiger partial charge is 0.550 e. The number of hydrogen-bond donors (Lipinski definition) is 4. The molecule has 1 unspecified atom stereocenters. The number of alkyl carbamates (subject to hydrolysis) is 1. The van der Waals surface area contributed by atoms with Gasteiger partial charge in [0.15, 0.2) is 0 Å². The van der Waals surface area contributed by atoms with Gasteiger partial charge in [-0.3, -0.25) is 24.0 Å². The van der Waals surface area contributed by atoms with E-state index in [1.807, 2.05) is 19.2 Å². The topological polar surface area (TPSA) is 243 Å². The first kappa shape index (κ1) is 45.1. The van der Waals surface area contributed by atoms with E-state index in [1.165, 1.54) is 4.90 Å². The predicted molar refractivity (Wildman–Crippen MR) is 149 cm³/mol. The molecule has 1 aliphatic rings. The van der Waals surface area contributed by atoms with Gasteiger partial charge in [0.1, 0.15) is 12.1 Å². The number of hydrogen-bond acceptors (Lipinski definition) is 11. The van der Waals surface area contributed by atoms with Crippen molar-refractivity contribution in [3.63, 3.8) is 0 Å². The van der Waals surface area contributed by atoms with E-state index in [0.29, 0.717) is 12.8 Å². The van der Waals surface area contributed by atoms with Crippen LogP contribution in [0.5, 0.6) is 0 Å². The first-order valence-corrected chi connectivity index (χ1v) is 14.6. The molecule has 248 valence electrons. The number of carbonyl (C=O) groups excluding carboxylic acids is 8. The number of nitrogens with zero attached hydrogens (tertiary/aromatic N) is 1. The quantitative estimate of drug-likeness (QED) is 0.0810. The van der Waals surface area contributed by atoms with Gasteiger partial charge in [-0.2, -0.15) is 0 Å². The molecule has 0 spiro atoms. The van der Waals surface area contributed by atoms with Crippen molar-refractivity contribution >= 4 is 47.4 Å². The second-order valence-corrected chi connectivity index (χ2v) is 11.3. The Morgan fingerprint density at radius 1 is 0.891 bits per heavy atom. The summed E-state index contributed by atoms with van der Waals surface area (Å²) in [6.07, 6.45) is -0.690. The normalized spacial score (nSPS) is 15.7. The molecule has 1 fully saturated rings. The van der Waals surface area contributed by atoms with Gasteiger partial charge in [0.25, 0.3) is 5.91 Å².